The molecule has 0 heterocycles. The Morgan fingerprint density at radius 3 is 2.45 bits per heavy atom. The van der Waals surface area contributed by atoms with Crippen molar-refractivity contribution in [2.45, 2.75) is 20.0 Å². The summed E-state index contributed by atoms with van der Waals surface area (Å²) >= 11 is 3.17. The molecule has 1 aromatic rings. The first-order valence-corrected chi connectivity index (χ1v) is 6.80. The third kappa shape index (κ3) is 5.03. The second kappa shape index (κ2) is 6.47. The normalized spacial score (nSPS) is 11.8. The number of hydrogen-bond donors (Lipinski definition) is 1. The zero-order valence-corrected chi connectivity index (χ0v) is 12.8. The summed E-state index contributed by atoms with van der Waals surface area (Å²) < 4.78 is 38.2. The number of carbonyl (C=O) groups excluding carboxylic acids is 1. The number of halogens is 4. The monoisotopic (exact) mass is 352 g/mol. The Morgan fingerprint density at radius 1 is 1.40 bits per heavy atom. The summed E-state index contributed by atoms with van der Waals surface area (Å²) in [6.07, 6.45) is -4.43. The van der Waals surface area contributed by atoms with Crippen molar-refractivity contribution >= 4 is 27.5 Å². The molecule has 112 valence electrons. The molecule has 0 spiro atoms. The van der Waals surface area contributed by atoms with Crippen LogP contribution in [0.15, 0.2) is 22.7 Å². The number of benzene rings is 1. The van der Waals surface area contributed by atoms with Gasteiger partial charge in [-0.2, -0.15) is 13.2 Å². The van der Waals surface area contributed by atoms with E-state index in [1.165, 1.54) is 12.1 Å². The van der Waals surface area contributed by atoms with E-state index in [4.69, 9.17) is 5.73 Å². The molecule has 0 aliphatic rings. The first-order chi connectivity index (χ1) is 9.10. The Hall–Kier alpha value is -1.24. The molecular formula is C13H16BrF3N2O. The fourth-order valence-electron chi connectivity index (χ4n) is 1.74. The first-order valence-electron chi connectivity index (χ1n) is 6.01. The van der Waals surface area contributed by atoms with E-state index in [9.17, 15) is 18.0 Å². The van der Waals surface area contributed by atoms with Crippen LogP contribution in [-0.2, 0) is 0 Å². The Kier molecular flexibility index (Phi) is 5.44. The lowest BCUT2D eigenvalue weighted by molar-refractivity contribution is -0.141. The van der Waals surface area contributed by atoms with Gasteiger partial charge in [-0.15, -0.1) is 0 Å². The molecule has 7 heteroatoms. The van der Waals surface area contributed by atoms with Crippen LogP contribution in [0.5, 0.6) is 0 Å². The molecule has 0 aromatic heterocycles. The van der Waals surface area contributed by atoms with E-state index in [1.54, 1.807) is 19.9 Å². The smallest absolute Gasteiger partial charge is 0.398 e. The van der Waals surface area contributed by atoms with Gasteiger partial charge in [0, 0.05) is 22.3 Å². The molecule has 0 unspecified atom stereocenters. The predicted octanol–water partition coefficient (Wildman–Crippen LogP) is 3.69. The van der Waals surface area contributed by atoms with Crippen LogP contribution < -0.4 is 5.73 Å². The fourth-order valence-corrected chi connectivity index (χ4v) is 1.98. The van der Waals surface area contributed by atoms with Crippen molar-refractivity contribution in [3.63, 3.8) is 0 Å². The van der Waals surface area contributed by atoms with E-state index in [-0.39, 0.29) is 18.0 Å². The number of anilines is 1. The third-order valence-corrected chi connectivity index (χ3v) is 3.21. The molecule has 1 rings (SSSR count). The summed E-state index contributed by atoms with van der Waals surface area (Å²) in [5.41, 5.74) is 6.11. The molecule has 0 saturated carbocycles. The highest BCUT2D eigenvalue weighted by Crippen LogP contribution is 2.23. The van der Waals surface area contributed by atoms with Gasteiger partial charge in [-0.1, -0.05) is 13.8 Å². The van der Waals surface area contributed by atoms with Gasteiger partial charge >= 0.3 is 6.18 Å². The highest BCUT2D eigenvalue weighted by molar-refractivity contribution is 9.10. The average Bonchev–Trinajstić information content (AvgIpc) is 2.28. The number of nitrogen functional groups attached to an aromatic ring is 1. The van der Waals surface area contributed by atoms with Crippen LogP contribution in [-0.4, -0.2) is 30.1 Å². The minimum atomic E-state index is -4.43. The summed E-state index contributed by atoms with van der Waals surface area (Å²) in [5, 5.41) is 0. The van der Waals surface area contributed by atoms with E-state index in [2.05, 4.69) is 15.9 Å². The number of carbonyl (C=O) groups is 1. The Morgan fingerprint density at radius 2 is 2.00 bits per heavy atom. The van der Waals surface area contributed by atoms with Crippen LogP contribution in [0, 0.1) is 5.92 Å². The topological polar surface area (TPSA) is 46.3 Å². The number of hydrogen-bond acceptors (Lipinski definition) is 2. The highest BCUT2D eigenvalue weighted by Gasteiger charge is 2.33. The van der Waals surface area contributed by atoms with Gasteiger partial charge in [0.15, 0.2) is 0 Å². The summed E-state index contributed by atoms with van der Waals surface area (Å²) in [5.74, 6) is -0.732. The van der Waals surface area contributed by atoms with Crippen molar-refractivity contribution in [1.82, 2.24) is 4.90 Å². The lowest BCUT2D eigenvalue weighted by Gasteiger charge is -2.26. The zero-order valence-electron chi connectivity index (χ0n) is 11.2. The maximum atomic E-state index is 12.5. The Balaban J connectivity index is 2.99. The maximum absolute atomic E-state index is 12.5. The van der Waals surface area contributed by atoms with E-state index in [0.29, 0.717) is 10.2 Å². The lowest BCUT2D eigenvalue weighted by Crippen LogP contribution is -2.41. The number of nitrogens with two attached hydrogens (primary N) is 1. The van der Waals surface area contributed by atoms with Crippen LogP contribution >= 0.6 is 15.9 Å². The molecule has 3 nitrogen and oxygen atoms in total. The molecule has 0 aliphatic heterocycles. The van der Waals surface area contributed by atoms with Crippen molar-refractivity contribution in [2.75, 3.05) is 18.8 Å². The minimum absolute atomic E-state index is 0.0360. The summed E-state index contributed by atoms with van der Waals surface area (Å²) in [6.45, 7) is 2.29. The molecular weight excluding hydrogens is 337 g/mol. The quantitative estimate of drug-likeness (QED) is 0.840. The van der Waals surface area contributed by atoms with Crippen LogP contribution in [0.25, 0.3) is 0 Å². The first kappa shape index (κ1) is 16.8. The van der Waals surface area contributed by atoms with Gasteiger partial charge in [0.2, 0.25) is 0 Å². The standard InChI is InChI=1S/C13H16BrF3N2O/c1-8(2)6-19(7-13(15,16)17)12(20)9-3-4-10(14)11(18)5-9/h3-5,8H,6-7,18H2,1-2H3. The summed E-state index contributed by atoms with van der Waals surface area (Å²) in [4.78, 5) is 13.0. The predicted molar refractivity (Wildman–Crippen MR) is 75.4 cm³/mol. The van der Waals surface area contributed by atoms with Crippen molar-refractivity contribution in [1.29, 1.82) is 0 Å². The zero-order chi connectivity index (χ0) is 15.5. The van der Waals surface area contributed by atoms with Crippen molar-refractivity contribution in [3.8, 4) is 0 Å². The van der Waals surface area contributed by atoms with E-state index in [0.717, 1.165) is 4.90 Å². The molecule has 20 heavy (non-hydrogen) atoms. The second-order valence-electron chi connectivity index (χ2n) is 4.93. The Bertz CT molecular complexity index is 489. The lowest BCUT2D eigenvalue weighted by atomic mass is 10.1. The van der Waals surface area contributed by atoms with Crippen LogP contribution in [0.1, 0.15) is 24.2 Å². The van der Waals surface area contributed by atoms with Gasteiger partial charge in [-0.3, -0.25) is 4.79 Å². The van der Waals surface area contributed by atoms with Crippen LogP contribution in [0.3, 0.4) is 0 Å². The van der Waals surface area contributed by atoms with Crippen LogP contribution in [0.4, 0.5) is 18.9 Å². The third-order valence-electron chi connectivity index (χ3n) is 2.49. The largest absolute Gasteiger partial charge is 0.406 e. The molecule has 2 N–H and O–H groups in total. The van der Waals surface area contributed by atoms with E-state index in [1.807, 2.05) is 0 Å². The molecule has 0 aliphatic carbocycles. The molecule has 0 bridgehead atoms. The molecule has 1 amide bonds. The van der Waals surface area contributed by atoms with Crippen LogP contribution in [0.2, 0.25) is 0 Å². The second-order valence-corrected chi connectivity index (χ2v) is 5.79. The number of alkyl halides is 3. The minimum Gasteiger partial charge on any atom is -0.398 e. The van der Waals surface area contributed by atoms with Crippen molar-refractivity contribution in [2.24, 2.45) is 5.92 Å². The van der Waals surface area contributed by atoms with Gasteiger partial charge in [0.05, 0.1) is 0 Å². The highest BCUT2D eigenvalue weighted by atomic mass is 79.9. The van der Waals surface area contributed by atoms with Gasteiger partial charge in [-0.05, 0) is 40.0 Å². The summed E-state index contributed by atoms with van der Waals surface area (Å²) in [7, 11) is 0. The number of rotatable bonds is 4. The number of amides is 1. The maximum Gasteiger partial charge on any atom is 0.406 e. The van der Waals surface area contributed by atoms with Gasteiger partial charge in [0.25, 0.3) is 5.91 Å². The molecule has 0 fully saturated rings. The molecule has 1 aromatic carbocycles. The fraction of sp³-hybridized carbons (Fsp3) is 0.462. The van der Waals surface area contributed by atoms with Crippen molar-refractivity contribution in [3.05, 3.63) is 28.2 Å². The average molecular weight is 353 g/mol. The van der Waals surface area contributed by atoms with E-state index >= 15 is 0 Å². The Labute approximate surface area is 124 Å². The number of nitrogens with zero attached hydrogens (tertiary/aromatic N) is 1. The molecule has 0 atom stereocenters. The summed E-state index contributed by atoms with van der Waals surface area (Å²) in [6, 6.07) is 4.37. The molecule has 0 radical (unpaired) electrons. The van der Waals surface area contributed by atoms with Gasteiger partial charge in [-0.25, -0.2) is 0 Å². The van der Waals surface area contributed by atoms with Gasteiger partial charge < -0.3 is 10.6 Å². The SMILES string of the molecule is CC(C)CN(CC(F)(F)F)C(=O)c1ccc(Br)c(N)c1. The van der Waals surface area contributed by atoms with Crippen molar-refractivity contribution < 1.29 is 18.0 Å². The molecule has 0 saturated heterocycles. The van der Waals surface area contributed by atoms with Gasteiger partial charge in [0.1, 0.15) is 6.54 Å². The van der Waals surface area contributed by atoms with E-state index < -0.39 is 18.6 Å².